The molecule has 0 fully saturated rings. The average Bonchev–Trinajstić information content (AvgIpc) is 2.72. The number of carbonyl (C=O) groups is 2. The van der Waals surface area contributed by atoms with Crippen LogP contribution >= 0.6 is 11.8 Å². The van der Waals surface area contributed by atoms with Gasteiger partial charge >= 0.3 is 5.24 Å². The third-order valence-corrected chi connectivity index (χ3v) is 4.04. The summed E-state index contributed by atoms with van der Waals surface area (Å²) in [6.07, 6.45) is 1.28. The van der Waals surface area contributed by atoms with Gasteiger partial charge in [0.15, 0.2) is 0 Å². The van der Waals surface area contributed by atoms with Crippen LogP contribution < -0.4 is 0 Å². The summed E-state index contributed by atoms with van der Waals surface area (Å²) in [6, 6.07) is 12.4. The summed E-state index contributed by atoms with van der Waals surface area (Å²) < 4.78 is 0. The molecule has 23 heavy (non-hydrogen) atoms. The SMILES string of the molecule is O=C1Sc2ccc([N+](=O)[O-])cc2C=NN1C(=O)c1ccccc1. The summed E-state index contributed by atoms with van der Waals surface area (Å²) in [5.41, 5.74) is 0.641. The number of non-ortho nitro benzene ring substituents is 1. The molecule has 7 nitrogen and oxygen atoms in total. The first kappa shape index (κ1) is 14.9. The lowest BCUT2D eigenvalue weighted by Crippen LogP contribution is -2.28. The van der Waals surface area contributed by atoms with Crippen molar-refractivity contribution in [2.45, 2.75) is 4.90 Å². The van der Waals surface area contributed by atoms with Crippen molar-refractivity contribution in [1.82, 2.24) is 5.01 Å². The summed E-state index contributed by atoms with van der Waals surface area (Å²) in [7, 11) is 0. The molecule has 0 radical (unpaired) electrons. The number of nitro groups is 1. The first-order valence-electron chi connectivity index (χ1n) is 6.50. The Labute approximate surface area is 134 Å². The third-order valence-electron chi connectivity index (χ3n) is 3.10. The van der Waals surface area contributed by atoms with Gasteiger partial charge in [0.1, 0.15) is 0 Å². The Morgan fingerprint density at radius 2 is 1.91 bits per heavy atom. The number of thioether (sulfide) groups is 1. The molecule has 0 saturated carbocycles. The molecule has 2 amide bonds. The maximum absolute atomic E-state index is 12.4. The second-order valence-corrected chi connectivity index (χ2v) is 5.57. The molecule has 1 heterocycles. The highest BCUT2D eigenvalue weighted by Crippen LogP contribution is 2.30. The van der Waals surface area contributed by atoms with Crippen LogP contribution in [0.4, 0.5) is 10.5 Å². The number of carbonyl (C=O) groups excluding carboxylic acids is 2. The monoisotopic (exact) mass is 327 g/mol. The van der Waals surface area contributed by atoms with Crippen LogP contribution in [0, 0.1) is 10.1 Å². The van der Waals surface area contributed by atoms with Crippen LogP contribution in [0.25, 0.3) is 0 Å². The predicted octanol–water partition coefficient (Wildman–Crippen LogP) is 3.30. The van der Waals surface area contributed by atoms with Gasteiger partial charge < -0.3 is 0 Å². The smallest absolute Gasteiger partial charge is 0.267 e. The molecule has 0 unspecified atom stereocenters. The predicted molar refractivity (Wildman–Crippen MR) is 84.6 cm³/mol. The fourth-order valence-electron chi connectivity index (χ4n) is 1.99. The first-order valence-corrected chi connectivity index (χ1v) is 7.31. The average molecular weight is 327 g/mol. The van der Waals surface area contributed by atoms with Crippen molar-refractivity contribution in [3.05, 3.63) is 69.8 Å². The number of benzene rings is 2. The van der Waals surface area contributed by atoms with Crippen LogP contribution in [0.1, 0.15) is 15.9 Å². The van der Waals surface area contributed by atoms with Crippen molar-refractivity contribution < 1.29 is 14.5 Å². The van der Waals surface area contributed by atoms with Gasteiger partial charge in [-0.05, 0) is 30.0 Å². The lowest BCUT2D eigenvalue weighted by molar-refractivity contribution is -0.384. The number of nitrogens with zero attached hydrogens (tertiary/aromatic N) is 3. The van der Waals surface area contributed by atoms with Crippen LogP contribution in [-0.4, -0.2) is 27.3 Å². The van der Waals surface area contributed by atoms with E-state index in [9.17, 15) is 19.7 Å². The van der Waals surface area contributed by atoms with E-state index in [-0.39, 0.29) is 5.69 Å². The molecule has 0 aliphatic carbocycles. The Balaban J connectivity index is 1.95. The van der Waals surface area contributed by atoms with Gasteiger partial charge in [0.05, 0.1) is 11.1 Å². The second kappa shape index (κ2) is 6.01. The van der Waals surface area contributed by atoms with Crippen molar-refractivity contribution >= 4 is 34.8 Å². The number of nitro benzene ring substituents is 1. The number of hydrazone groups is 1. The molecular formula is C15H9N3O4S. The highest BCUT2D eigenvalue weighted by Gasteiger charge is 2.26. The van der Waals surface area contributed by atoms with Gasteiger partial charge in [-0.25, -0.2) is 0 Å². The molecule has 2 aromatic carbocycles. The van der Waals surface area contributed by atoms with Crippen molar-refractivity contribution in [2.75, 3.05) is 0 Å². The minimum absolute atomic E-state index is 0.105. The van der Waals surface area contributed by atoms with Gasteiger partial charge in [0, 0.05) is 28.2 Å². The highest BCUT2D eigenvalue weighted by atomic mass is 32.2. The summed E-state index contributed by atoms with van der Waals surface area (Å²) in [6.45, 7) is 0. The summed E-state index contributed by atoms with van der Waals surface area (Å²) in [5, 5.41) is 14.9. The van der Waals surface area contributed by atoms with Crippen LogP contribution in [-0.2, 0) is 0 Å². The number of amides is 2. The van der Waals surface area contributed by atoms with Gasteiger partial charge in [0.2, 0.25) is 0 Å². The van der Waals surface area contributed by atoms with Crippen LogP contribution in [0.2, 0.25) is 0 Å². The molecule has 0 spiro atoms. The van der Waals surface area contributed by atoms with E-state index in [2.05, 4.69) is 5.10 Å². The molecule has 3 rings (SSSR count). The molecule has 0 saturated heterocycles. The summed E-state index contributed by atoms with van der Waals surface area (Å²) >= 11 is 0.803. The lowest BCUT2D eigenvalue weighted by Gasteiger charge is -2.12. The van der Waals surface area contributed by atoms with E-state index in [1.807, 2.05) is 0 Å². The quantitative estimate of drug-likeness (QED) is 0.623. The zero-order valence-corrected chi connectivity index (χ0v) is 12.4. The van der Waals surface area contributed by atoms with Crippen molar-refractivity contribution in [3.63, 3.8) is 0 Å². The van der Waals surface area contributed by atoms with Gasteiger partial charge in [-0.15, -0.1) is 0 Å². The maximum Gasteiger partial charge on any atom is 0.314 e. The van der Waals surface area contributed by atoms with Crippen molar-refractivity contribution in [2.24, 2.45) is 5.10 Å². The molecule has 2 aromatic rings. The van der Waals surface area contributed by atoms with Gasteiger partial charge in [-0.2, -0.15) is 10.1 Å². The van der Waals surface area contributed by atoms with E-state index in [0.29, 0.717) is 16.0 Å². The van der Waals surface area contributed by atoms with Gasteiger partial charge in [-0.3, -0.25) is 19.7 Å². The number of fused-ring (bicyclic) bond motifs is 1. The topological polar surface area (TPSA) is 92.9 Å². The number of rotatable bonds is 2. The molecule has 0 bridgehead atoms. The zero-order chi connectivity index (χ0) is 16.4. The Hall–Kier alpha value is -3.00. The Morgan fingerprint density at radius 3 is 2.61 bits per heavy atom. The molecular weight excluding hydrogens is 318 g/mol. The van der Waals surface area contributed by atoms with E-state index >= 15 is 0 Å². The standard InChI is InChI=1S/C15H9N3O4S/c19-14(10-4-2-1-3-5-10)17-15(20)23-13-7-6-12(18(21)22)8-11(13)9-16-17/h1-9H. The summed E-state index contributed by atoms with van der Waals surface area (Å²) in [4.78, 5) is 35.4. The normalized spacial score (nSPS) is 13.4. The van der Waals surface area contributed by atoms with Crippen molar-refractivity contribution in [1.29, 1.82) is 0 Å². The molecule has 114 valence electrons. The van der Waals surface area contributed by atoms with Crippen LogP contribution in [0.3, 0.4) is 0 Å². The maximum atomic E-state index is 12.4. The third kappa shape index (κ3) is 2.97. The number of hydrogen-bond donors (Lipinski definition) is 0. The summed E-state index contributed by atoms with van der Waals surface area (Å²) in [5.74, 6) is -0.554. The minimum atomic E-state index is -0.567. The largest absolute Gasteiger partial charge is 0.314 e. The Morgan fingerprint density at radius 1 is 1.17 bits per heavy atom. The van der Waals surface area contributed by atoms with Crippen LogP contribution in [0.5, 0.6) is 0 Å². The molecule has 0 N–H and O–H groups in total. The molecule has 0 atom stereocenters. The lowest BCUT2D eigenvalue weighted by atomic mass is 10.2. The van der Waals surface area contributed by atoms with E-state index in [1.54, 1.807) is 30.3 Å². The highest BCUT2D eigenvalue weighted by molar-refractivity contribution is 8.13. The van der Waals surface area contributed by atoms with E-state index in [0.717, 1.165) is 16.8 Å². The fraction of sp³-hybridized carbons (Fsp3) is 0. The zero-order valence-electron chi connectivity index (χ0n) is 11.6. The Bertz CT molecular complexity index is 836. The molecule has 1 aliphatic rings. The van der Waals surface area contributed by atoms with Gasteiger partial charge in [0.25, 0.3) is 11.6 Å². The fourth-order valence-corrected chi connectivity index (χ4v) is 2.76. The molecule has 1 aliphatic heterocycles. The number of hydrogen-bond acceptors (Lipinski definition) is 6. The minimum Gasteiger partial charge on any atom is -0.267 e. The second-order valence-electron chi connectivity index (χ2n) is 4.57. The molecule has 0 aromatic heterocycles. The van der Waals surface area contributed by atoms with E-state index < -0.39 is 16.1 Å². The number of imide groups is 1. The van der Waals surface area contributed by atoms with Gasteiger partial charge in [-0.1, -0.05) is 18.2 Å². The van der Waals surface area contributed by atoms with E-state index in [4.69, 9.17) is 0 Å². The van der Waals surface area contributed by atoms with E-state index in [1.165, 1.54) is 24.4 Å². The molecule has 8 heteroatoms. The Kier molecular flexibility index (Phi) is 3.90. The van der Waals surface area contributed by atoms with Crippen molar-refractivity contribution in [3.8, 4) is 0 Å². The first-order chi connectivity index (χ1) is 11.1. The van der Waals surface area contributed by atoms with Crippen LogP contribution in [0.15, 0.2) is 58.5 Å².